The molecule has 0 radical (unpaired) electrons. The lowest BCUT2D eigenvalue weighted by molar-refractivity contribution is 0.145. The second-order valence-corrected chi connectivity index (χ2v) is 4.42. The summed E-state index contributed by atoms with van der Waals surface area (Å²) in [4.78, 5) is 2.14. The fourth-order valence-corrected chi connectivity index (χ4v) is 1.73. The lowest BCUT2D eigenvalue weighted by Gasteiger charge is -2.27. The Hall–Kier alpha value is -0.350. The smallest absolute Gasteiger partial charge is 0.168 e. The SMILES string of the molecule is CCCC(C)N(C)C(=S)NCCCOCC. The van der Waals surface area contributed by atoms with Crippen LogP contribution in [0.5, 0.6) is 0 Å². The zero-order valence-electron chi connectivity index (χ0n) is 11.1. The summed E-state index contributed by atoms with van der Waals surface area (Å²) in [5, 5.41) is 4.10. The van der Waals surface area contributed by atoms with E-state index in [1.807, 2.05) is 6.92 Å². The number of hydrogen-bond donors (Lipinski definition) is 1. The van der Waals surface area contributed by atoms with E-state index < -0.39 is 0 Å². The molecule has 0 aromatic rings. The summed E-state index contributed by atoms with van der Waals surface area (Å²) in [5.41, 5.74) is 0. The number of nitrogens with one attached hydrogen (secondary N) is 1. The van der Waals surface area contributed by atoms with Crippen LogP contribution in [0.2, 0.25) is 0 Å². The molecule has 0 spiro atoms. The van der Waals surface area contributed by atoms with Gasteiger partial charge in [0.05, 0.1) is 0 Å². The molecule has 0 saturated carbocycles. The lowest BCUT2D eigenvalue weighted by Crippen LogP contribution is -2.42. The third kappa shape index (κ3) is 7.01. The monoisotopic (exact) mass is 246 g/mol. The molecular formula is C12H26N2OS. The van der Waals surface area contributed by atoms with Crippen LogP contribution in [-0.4, -0.2) is 42.9 Å². The minimum absolute atomic E-state index is 0.511. The normalized spacial score (nSPS) is 12.2. The lowest BCUT2D eigenvalue weighted by atomic mass is 10.2. The van der Waals surface area contributed by atoms with E-state index in [-0.39, 0.29) is 0 Å². The fraction of sp³-hybridized carbons (Fsp3) is 0.917. The van der Waals surface area contributed by atoms with Crippen molar-refractivity contribution in [1.82, 2.24) is 10.2 Å². The second-order valence-electron chi connectivity index (χ2n) is 4.03. The first-order chi connectivity index (χ1) is 7.63. The molecule has 0 aliphatic rings. The Labute approximate surface area is 106 Å². The second kappa shape index (κ2) is 9.85. The van der Waals surface area contributed by atoms with Crippen LogP contribution in [0.1, 0.15) is 40.0 Å². The summed E-state index contributed by atoms with van der Waals surface area (Å²) in [6, 6.07) is 0.511. The van der Waals surface area contributed by atoms with Gasteiger partial charge in [0.1, 0.15) is 0 Å². The molecule has 0 rings (SSSR count). The van der Waals surface area contributed by atoms with Gasteiger partial charge in [0.25, 0.3) is 0 Å². The van der Waals surface area contributed by atoms with Crippen molar-refractivity contribution in [2.24, 2.45) is 0 Å². The molecule has 0 fully saturated rings. The van der Waals surface area contributed by atoms with Crippen LogP contribution in [0.25, 0.3) is 0 Å². The van der Waals surface area contributed by atoms with Crippen LogP contribution in [0.15, 0.2) is 0 Å². The summed E-state index contributed by atoms with van der Waals surface area (Å²) >= 11 is 5.32. The van der Waals surface area contributed by atoms with Gasteiger partial charge in [0.15, 0.2) is 5.11 Å². The molecule has 96 valence electrons. The molecule has 0 heterocycles. The van der Waals surface area contributed by atoms with Crippen molar-refractivity contribution in [3.63, 3.8) is 0 Å². The summed E-state index contributed by atoms with van der Waals surface area (Å²) in [7, 11) is 2.05. The molecule has 3 nitrogen and oxygen atoms in total. The first kappa shape index (κ1) is 15.7. The molecular weight excluding hydrogens is 220 g/mol. The third-order valence-corrected chi connectivity index (χ3v) is 3.07. The van der Waals surface area contributed by atoms with E-state index in [1.165, 1.54) is 12.8 Å². The number of rotatable bonds is 8. The highest BCUT2D eigenvalue weighted by molar-refractivity contribution is 7.80. The summed E-state index contributed by atoms with van der Waals surface area (Å²) in [6.45, 7) is 8.90. The first-order valence-electron chi connectivity index (χ1n) is 6.21. The maximum absolute atomic E-state index is 5.32. The number of hydrogen-bond acceptors (Lipinski definition) is 2. The minimum Gasteiger partial charge on any atom is -0.382 e. The molecule has 0 amide bonds. The Balaban J connectivity index is 3.62. The van der Waals surface area contributed by atoms with Gasteiger partial charge in [0.2, 0.25) is 0 Å². The topological polar surface area (TPSA) is 24.5 Å². The molecule has 0 bridgehead atoms. The highest BCUT2D eigenvalue weighted by Crippen LogP contribution is 2.03. The van der Waals surface area contributed by atoms with E-state index >= 15 is 0 Å². The predicted molar refractivity (Wildman–Crippen MR) is 73.8 cm³/mol. The molecule has 1 N–H and O–H groups in total. The van der Waals surface area contributed by atoms with Gasteiger partial charge >= 0.3 is 0 Å². The zero-order chi connectivity index (χ0) is 12.4. The quantitative estimate of drug-likeness (QED) is 0.525. The molecule has 1 unspecified atom stereocenters. The van der Waals surface area contributed by atoms with Gasteiger partial charge in [-0.2, -0.15) is 0 Å². The third-order valence-electron chi connectivity index (χ3n) is 2.63. The van der Waals surface area contributed by atoms with Crippen molar-refractivity contribution < 1.29 is 4.74 Å². The van der Waals surface area contributed by atoms with Crippen LogP contribution in [0.4, 0.5) is 0 Å². The van der Waals surface area contributed by atoms with Crippen LogP contribution < -0.4 is 5.32 Å². The van der Waals surface area contributed by atoms with Gasteiger partial charge in [-0.3, -0.25) is 0 Å². The molecule has 0 aliphatic heterocycles. The molecule has 0 saturated heterocycles. The maximum atomic E-state index is 5.32. The maximum Gasteiger partial charge on any atom is 0.168 e. The Morgan fingerprint density at radius 3 is 2.69 bits per heavy atom. The van der Waals surface area contributed by atoms with E-state index in [0.717, 1.165) is 31.3 Å². The van der Waals surface area contributed by atoms with Crippen molar-refractivity contribution in [2.75, 3.05) is 26.8 Å². The van der Waals surface area contributed by atoms with Gasteiger partial charge in [0, 0.05) is 32.8 Å². The first-order valence-corrected chi connectivity index (χ1v) is 6.62. The van der Waals surface area contributed by atoms with Crippen molar-refractivity contribution in [3.05, 3.63) is 0 Å². The average Bonchev–Trinajstić information content (AvgIpc) is 2.27. The Morgan fingerprint density at radius 2 is 2.12 bits per heavy atom. The van der Waals surface area contributed by atoms with E-state index in [1.54, 1.807) is 0 Å². The molecule has 1 atom stereocenters. The predicted octanol–water partition coefficient (Wildman–Crippen LogP) is 2.41. The van der Waals surface area contributed by atoms with Gasteiger partial charge in [-0.15, -0.1) is 0 Å². The minimum atomic E-state index is 0.511. The van der Waals surface area contributed by atoms with Crippen LogP contribution in [0.3, 0.4) is 0 Å². The largest absolute Gasteiger partial charge is 0.382 e. The van der Waals surface area contributed by atoms with Gasteiger partial charge in [-0.1, -0.05) is 13.3 Å². The molecule has 4 heteroatoms. The fourth-order valence-electron chi connectivity index (χ4n) is 1.45. The molecule has 0 aromatic heterocycles. The van der Waals surface area contributed by atoms with E-state index in [2.05, 4.69) is 31.1 Å². The van der Waals surface area contributed by atoms with Crippen molar-refractivity contribution in [3.8, 4) is 0 Å². The van der Waals surface area contributed by atoms with Crippen LogP contribution in [-0.2, 0) is 4.74 Å². The molecule has 0 aromatic carbocycles. The van der Waals surface area contributed by atoms with E-state index in [4.69, 9.17) is 17.0 Å². The van der Waals surface area contributed by atoms with Gasteiger partial charge in [-0.25, -0.2) is 0 Å². The van der Waals surface area contributed by atoms with Gasteiger partial charge < -0.3 is 15.0 Å². The van der Waals surface area contributed by atoms with Crippen molar-refractivity contribution >= 4 is 17.3 Å². The highest BCUT2D eigenvalue weighted by Gasteiger charge is 2.10. The summed E-state index contributed by atoms with van der Waals surface area (Å²) in [5.74, 6) is 0. The van der Waals surface area contributed by atoms with E-state index in [9.17, 15) is 0 Å². The van der Waals surface area contributed by atoms with Gasteiger partial charge in [-0.05, 0) is 38.9 Å². The number of thiocarbonyl (C=S) groups is 1. The standard InChI is InChI=1S/C12H26N2OS/c1-5-8-11(3)14(4)12(16)13-9-7-10-15-6-2/h11H,5-10H2,1-4H3,(H,13,16). The Bertz CT molecular complexity index is 188. The summed E-state index contributed by atoms with van der Waals surface area (Å²) in [6.07, 6.45) is 3.37. The van der Waals surface area contributed by atoms with Crippen molar-refractivity contribution in [1.29, 1.82) is 0 Å². The number of nitrogens with zero attached hydrogens (tertiary/aromatic N) is 1. The molecule has 0 aliphatic carbocycles. The molecule has 16 heavy (non-hydrogen) atoms. The number of ether oxygens (including phenoxy) is 1. The zero-order valence-corrected chi connectivity index (χ0v) is 11.9. The summed E-state index contributed by atoms with van der Waals surface area (Å²) < 4.78 is 5.26. The van der Waals surface area contributed by atoms with Crippen LogP contribution in [0, 0.1) is 0 Å². The van der Waals surface area contributed by atoms with E-state index in [0.29, 0.717) is 6.04 Å². The van der Waals surface area contributed by atoms with Crippen molar-refractivity contribution in [2.45, 2.75) is 46.1 Å². The average molecular weight is 246 g/mol. The Kier molecular flexibility index (Phi) is 9.63. The highest BCUT2D eigenvalue weighted by atomic mass is 32.1. The van der Waals surface area contributed by atoms with Crippen LogP contribution >= 0.6 is 12.2 Å². The Morgan fingerprint density at radius 1 is 1.44 bits per heavy atom.